The highest BCUT2D eigenvalue weighted by atomic mass is 16.2. The summed E-state index contributed by atoms with van der Waals surface area (Å²) in [6.45, 7) is 0.887. The smallest absolute Gasteiger partial charge is 0.251 e. The number of nitrogens with one attached hydrogen (secondary N) is 2. The van der Waals surface area contributed by atoms with Crippen molar-refractivity contribution in [3.05, 3.63) is 71.8 Å². The summed E-state index contributed by atoms with van der Waals surface area (Å²) in [4.78, 5) is 23.9. The van der Waals surface area contributed by atoms with Gasteiger partial charge in [0.1, 0.15) is 0 Å². The number of carbonyl (C=O) groups is 2. The molecule has 1 aliphatic carbocycles. The quantitative estimate of drug-likeness (QED) is 0.805. The first-order valence-corrected chi connectivity index (χ1v) is 7.91. The zero-order valence-electron chi connectivity index (χ0n) is 12.9. The van der Waals surface area contributed by atoms with E-state index in [0.29, 0.717) is 24.6 Å². The Morgan fingerprint density at radius 3 is 2.17 bits per heavy atom. The van der Waals surface area contributed by atoms with Gasteiger partial charge in [-0.3, -0.25) is 9.59 Å². The molecule has 23 heavy (non-hydrogen) atoms. The summed E-state index contributed by atoms with van der Waals surface area (Å²) < 4.78 is 0. The number of benzene rings is 2. The Labute approximate surface area is 135 Å². The maximum absolute atomic E-state index is 12.1. The van der Waals surface area contributed by atoms with Crippen LogP contribution in [0.4, 0.5) is 0 Å². The molecule has 4 nitrogen and oxygen atoms in total. The molecule has 0 heterocycles. The standard InChI is InChI=1S/C19H20N2O2/c22-18(15-9-5-2-6-10-15)20-11-12-21-19(23)17-13-16(17)14-7-3-1-4-8-14/h1-10,16-17H,11-13H2,(H,20,22)(H,21,23). The van der Waals surface area contributed by atoms with Gasteiger partial charge in [0, 0.05) is 24.6 Å². The van der Waals surface area contributed by atoms with Crippen LogP contribution in [0.1, 0.15) is 28.3 Å². The molecule has 0 spiro atoms. The van der Waals surface area contributed by atoms with Gasteiger partial charge in [-0.25, -0.2) is 0 Å². The Balaban J connectivity index is 1.37. The molecule has 118 valence electrons. The molecule has 1 aliphatic rings. The number of rotatable bonds is 6. The van der Waals surface area contributed by atoms with Crippen molar-refractivity contribution in [3.8, 4) is 0 Å². The Bertz CT molecular complexity index is 670. The van der Waals surface area contributed by atoms with Crippen molar-refractivity contribution >= 4 is 11.8 Å². The van der Waals surface area contributed by atoms with Gasteiger partial charge < -0.3 is 10.6 Å². The summed E-state index contributed by atoms with van der Waals surface area (Å²) in [5.74, 6) is 0.374. The number of amides is 2. The van der Waals surface area contributed by atoms with E-state index in [9.17, 15) is 9.59 Å². The molecule has 2 N–H and O–H groups in total. The van der Waals surface area contributed by atoms with Crippen molar-refractivity contribution in [1.82, 2.24) is 10.6 Å². The summed E-state index contributed by atoms with van der Waals surface area (Å²) in [7, 11) is 0. The van der Waals surface area contributed by atoms with E-state index in [0.717, 1.165) is 6.42 Å². The summed E-state index contributed by atoms with van der Waals surface area (Å²) in [6.07, 6.45) is 0.909. The molecule has 0 aromatic heterocycles. The van der Waals surface area contributed by atoms with Crippen LogP contribution in [-0.2, 0) is 4.79 Å². The fraction of sp³-hybridized carbons (Fsp3) is 0.263. The SMILES string of the molecule is O=C(NCCNC(=O)C1CC1c1ccccc1)c1ccccc1. The van der Waals surface area contributed by atoms with Crippen LogP contribution in [0.3, 0.4) is 0 Å². The molecule has 0 bridgehead atoms. The van der Waals surface area contributed by atoms with Gasteiger partial charge in [-0.1, -0.05) is 48.5 Å². The molecule has 2 atom stereocenters. The van der Waals surface area contributed by atoms with Gasteiger partial charge in [0.15, 0.2) is 0 Å². The minimum Gasteiger partial charge on any atom is -0.354 e. The second-order valence-corrected chi connectivity index (χ2v) is 5.77. The Hall–Kier alpha value is -2.62. The van der Waals surface area contributed by atoms with Gasteiger partial charge >= 0.3 is 0 Å². The van der Waals surface area contributed by atoms with Gasteiger partial charge in [-0.05, 0) is 30.0 Å². The monoisotopic (exact) mass is 308 g/mol. The number of hydrogen-bond donors (Lipinski definition) is 2. The van der Waals surface area contributed by atoms with Gasteiger partial charge in [-0.15, -0.1) is 0 Å². The third-order valence-electron chi connectivity index (χ3n) is 4.10. The minimum atomic E-state index is -0.117. The molecule has 2 amide bonds. The van der Waals surface area contributed by atoms with Crippen LogP contribution in [0.25, 0.3) is 0 Å². The first-order valence-electron chi connectivity index (χ1n) is 7.91. The van der Waals surface area contributed by atoms with Crippen LogP contribution in [0.5, 0.6) is 0 Å². The van der Waals surface area contributed by atoms with Gasteiger partial charge in [0.25, 0.3) is 5.91 Å². The maximum atomic E-state index is 12.1. The van der Waals surface area contributed by atoms with Crippen molar-refractivity contribution in [2.45, 2.75) is 12.3 Å². The molecule has 0 aliphatic heterocycles. The Kier molecular flexibility index (Phi) is 4.71. The lowest BCUT2D eigenvalue weighted by molar-refractivity contribution is -0.122. The highest BCUT2D eigenvalue weighted by Gasteiger charge is 2.43. The van der Waals surface area contributed by atoms with Crippen molar-refractivity contribution in [2.24, 2.45) is 5.92 Å². The fourth-order valence-electron chi connectivity index (χ4n) is 2.74. The fourth-order valence-corrected chi connectivity index (χ4v) is 2.74. The second-order valence-electron chi connectivity index (χ2n) is 5.77. The van der Waals surface area contributed by atoms with E-state index in [4.69, 9.17) is 0 Å². The molecular weight excluding hydrogens is 288 g/mol. The second kappa shape index (κ2) is 7.09. The average molecular weight is 308 g/mol. The highest BCUT2D eigenvalue weighted by molar-refractivity contribution is 5.94. The molecule has 1 fully saturated rings. The van der Waals surface area contributed by atoms with Gasteiger partial charge in [0.05, 0.1) is 0 Å². The third kappa shape index (κ3) is 3.97. The van der Waals surface area contributed by atoms with Crippen LogP contribution in [-0.4, -0.2) is 24.9 Å². The maximum Gasteiger partial charge on any atom is 0.251 e. The van der Waals surface area contributed by atoms with E-state index in [1.807, 2.05) is 36.4 Å². The summed E-state index contributed by atoms with van der Waals surface area (Å²) in [5.41, 5.74) is 1.86. The Morgan fingerprint density at radius 1 is 0.870 bits per heavy atom. The molecule has 2 unspecified atom stereocenters. The van der Waals surface area contributed by atoms with E-state index in [2.05, 4.69) is 22.8 Å². The van der Waals surface area contributed by atoms with E-state index in [1.54, 1.807) is 12.1 Å². The summed E-state index contributed by atoms with van der Waals surface area (Å²) in [6, 6.07) is 19.2. The predicted octanol–water partition coefficient (Wildman–Crippen LogP) is 2.34. The number of carbonyl (C=O) groups excluding carboxylic acids is 2. The third-order valence-corrected chi connectivity index (χ3v) is 4.10. The van der Waals surface area contributed by atoms with Crippen molar-refractivity contribution in [1.29, 1.82) is 0 Å². The van der Waals surface area contributed by atoms with E-state index in [-0.39, 0.29) is 17.7 Å². The molecule has 2 aromatic rings. The zero-order chi connectivity index (χ0) is 16.1. The molecule has 2 aromatic carbocycles. The van der Waals surface area contributed by atoms with Crippen LogP contribution >= 0.6 is 0 Å². The summed E-state index contributed by atoms with van der Waals surface area (Å²) in [5, 5.41) is 5.70. The lowest BCUT2D eigenvalue weighted by Gasteiger charge is -2.07. The molecule has 1 saturated carbocycles. The highest BCUT2D eigenvalue weighted by Crippen LogP contribution is 2.47. The zero-order valence-corrected chi connectivity index (χ0v) is 12.9. The van der Waals surface area contributed by atoms with Crippen molar-refractivity contribution in [3.63, 3.8) is 0 Å². The Morgan fingerprint density at radius 2 is 1.48 bits per heavy atom. The van der Waals surface area contributed by atoms with Gasteiger partial charge in [-0.2, -0.15) is 0 Å². The first-order chi connectivity index (χ1) is 11.3. The van der Waals surface area contributed by atoms with E-state index in [1.165, 1.54) is 5.56 Å². The summed E-state index contributed by atoms with van der Waals surface area (Å²) >= 11 is 0. The molecule has 4 heteroatoms. The van der Waals surface area contributed by atoms with Crippen molar-refractivity contribution < 1.29 is 9.59 Å². The number of hydrogen-bond acceptors (Lipinski definition) is 2. The topological polar surface area (TPSA) is 58.2 Å². The molecule has 0 saturated heterocycles. The first kappa shape index (κ1) is 15.3. The minimum absolute atomic E-state index is 0.0715. The van der Waals surface area contributed by atoms with Crippen LogP contribution in [0, 0.1) is 5.92 Å². The molecule has 0 radical (unpaired) electrons. The largest absolute Gasteiger partial charge is 0.354 e. The normalized spacial score (nSPS) is 19.0. The van der Waals surface area contributed by atoms with E-state index >= 15 is 0 Å². The molecule has 3 rings (SSSR count). The predicted molar refractivity (Wildman–Crippen MR) is 89.1 cm³/mol. The van der Waals surface area contributed by atoms with E-state index < -0.39 is 0 Å². The van der Waals surface area contributed by atoms with Crippen LogP contribution in [0.15, 0.2) is 60.7 Å². The van der Waals surface area contributed by atoms with Gasteiger partial charge in [0.2, 0.25) is 5.91 Å². The average Bonchev–Trinajstić information content (AvgIpc) is 3.41. The van der Waals surface area contributed by atoms with Crippen LogP contribution in [0.2, 0.25) is 0 Å². The molecular formula is C19H20N2O2. The van der Waals surface area contributed by atoms with Crippen molar-refractivity contribution in [2.75, 3.05) is 13.1 Å². The van der Waals surface area contributed by atoms with Crippen LogP contribution < -0.4 is 10.6 Å². The lowest BCUT2D eigenvalue weighted by atomic mass is 10.1. The lowest BCUT2D eigenvalue weighted by Crippen LogP contribution is -2.35.